The van der Waals surface area contributed by atoms with Crippen molar-refractivity contribution in [2.75, 3.05) is 0 Å². The molecule has 18 heavy (non-hydrogen) atoms. The van der Waals surface area contributed by atoms with Crippen LogP contribution in [0.2, 0.25) is 0 Å². The largest absolute Gasteiger partial charge is 0.391 e. The lowest BCUT2D eigenvalue weighted by atomic mass is 9.92. The van der Waals surface area contributed by atoms with Gasteiger partial charge in [0.25, 0.3) is 5.91 Å². The normalized spacial score (nSPS) is 23.7. The van der Waals surface area contributed by atoms with Crippen LogP contribution in [0, 0.1) is 12.7 Å². The van der Waals surface area contributed by atoms with Crippen LogP contribution < -0.4 is 5.32 Å². The Morgan fingerprint density at radius 1 is 1.39 bits per heavy atom. The maximum atomic E-state index is 13.1. The highest BCUT2D eigenvalue weighted by Crippen LogP contribution is 2.19. The van der Waals surface area contributed by atoms with Gasteiger partial charge in [-0.3, -0.25) is 4.79 Å². The molecule has 2 rings (SSSR count). The van der Waals surface area contributed by atoms with Gasteiger partial charge in [-0.25, -0.2) is 4.39 Å². The zero-order valence-corrected chi connectivity index (χ0v) is 10.4. The Kier molecular flexibility index (Phi) is 3.97. The van der Waals surface area contributed by atoms with E-state index < -0.39 is 11.9 Å². The zero-order chi connectivity index (χ0) is 13.1. The Labute approximate surface area is 106 Å². The Morgan fingerprint density at radius 3 is 2.83 bits per heavy atom. The first-order chi connectivity index (χ1) is 8.58. The molecule has 2 atom stereocenters. The van der Waals surface area contributed by atoms with E-state index in [4.69, 9.17) is 0 Å². The topological polar surface area (TPSA) is 49.3 Å². The lowest BCUT2D eigenvalue weighted by Gasteiger charge is -2.28. The maximum Gasteiger partial charge on any atom is 0.251 e. The second-order valence-electron chi connectivity index (χ2n) is 4.89. The van der Waals surface area contributed by atoms with Crippen LogP contribution in [0.3, 0.4) is 0 Å². The van der Waals surface area contributed by atoms with Crippen molar-refractivity contribution in [2.45, 2.75) is 44.8 Å². The summed E-state index contributed by atoms with van der Waals surface area (Å²) in [4.78, 5) is 12.0. The molecule has 0 aliphatic heterocycles. The molecule has 1 aliphatic carbocycles. The molecule has 1 aromatic carbocycles. The molecule has 1 amide bonds. The Bertz CT molecular complexity index is 447. The minimum Gasteiger partial charge on any atom is -0.391 e. The highest BCUT2D eigenvalue weighted by molar-refractivity contribution is 5.95. The smallest absolute Gasteiger partial charge is 0.251 e. The number of halogens is 1. The van der Waals surface area contributed by atoms with Gasteiger partial charge in [-0.15, -0.1) is 0 Å². The number of carbonyl (C=O) groups excluding carboxylic acids is 1. The van der Waals surface area contributed by atoms with Crippen LogP contribution in [0.1, 0.15) is 41.6 Å². The molecule has 0 bridgehead atoms. The van der Waals surface area contributed by atoms with Crippen LogP contribution in [0.15, 0.2) is 18.2 Å². The van der Waals surface area contributed by atoms with Crippen molar-refractivity contribution in [2.24, 2.45) is 0 Å². The molecule has 4 heteroatoms. The average molecular weight is 251 g/mol. The van der Waals surface area contributed by atoms with Gasteiger partial charge in [-0.05, 0) is 37.5 Å². The third-order valence-electron chi connectivity index (χ3n) is 3.49. The van der Waals surface area contributed by atoms with E-state index >= 15 is 0 Å². The van der Waals surface area contributed by atoms with Crippen molar-refractivity contribution in [3.05, 3.63) is 35.1 Å². The van der Waals surface area contributed by atoms with Crippen LogP contribution in [-0.4, -0.2) is 23.2 Å². The number of nitrogens with one attached hydrogen (secondary N) is 1. The summed E-state index contributed by atoms with van der Waals surface area (Å²) in [6.45, 7) is 1.77. The predicted octanol–water partition coefficient (Wildman–Crippen LogP) is 2.17. The summed E-state index contributed by atoms with van der Waals surface area (Å²) in [6.07, 6.45) is 3.00. The highest BCUT2D eigenvalue weighted by atomic mass is 19.1. The first-order valence-corrected chi connectivity index (χ1v) is 6.33. The number of aliphatic hydroxyl groups is 1. The summed E-state index contributed by atoms with van der Waals surface area (Å²) < 4.78 is 13.1. The van der Waals surface area contributed by atoms with Gasteiger partial charge in [-0.2, -0.15) is 0 Å². The molecular formula is C14H18FNO2. The molecule has 0 heterocycles. The SMILES string of the molecule is Cc1ccc(F)cc1C(=O)N[C@H]1CCCC[C@@H]1O. The fourth-order valence-electron chi connectivity index (χ4n) is 2.36. The van der Waals surface area contributed by atoms with Crippen LogP contribution in [0.4, 0.5) is 4.39 Å². The van der Waals surface area contributed by atoms with Gasteiger partial charge in [0.1, 0.15) is 5.82 Å². The van der Waals surface area contributed by atoms with E-state index in [-0.39, 0.29) is 11.9 Å². The molecule has 0 unspecified atom stereocenters. The van der Waals surface area contributed by atoms with E-state index in [0.717, 1.165) is 24.8 Å². The number of benzene rings is 1. The first kappa shape index (κ1) is 13.0. The van der Waals surface area contributed by atoms with Crippen LogP contribution in [-0.2, 0) is 0 Å². The molecule has 0 aromatic heterocycles. The van der Waals surface area contributed by atoms with Gasteiger partial charge in [0, 0.05) is 5.56 Å². The third kappa shape index (κ3) is 2.88. The Hall–Kier alpha value is -1.42. The fourth-order valence-corrected chi connectivity index (χ4v) is 2.36. The highest BCUT2D eigenvalue weighted by Gasteiger charge is 2.25. The first-order valence-electron chi connectivity index (χ1n) is 6.33. The van der Waals surface area contributed by atoms with Crippen molar-refractivity contribution in [3.8, 4) is 0 Å². The van der Waals surface area contributed by atoms with E-state index in [1.807, 2.05) is 0 Å². The van der Waals surface area contributed by atoms with Gasteiger partial charge in [0.15, 0.2) is 0 Å². The summed E-state index contributed by atoms with van der Waals surface area (Å²) in [5, 5.41) is 12.6. The minimum absolute atomic E-state index is 0.214. The number of aliphatic hydroxyl groups excluding tert-OH is 1. The fraction of sp³-hybridized carbons (Fsp3) is 0.500. The summed E-state index contributed by atoms with van der Waals surface area (Å²) in [7, 11) is 0. The minimum atomic E-state index is -0.489. The van der Waals surface area contributed by atoms with E-state index in [0.29, 0.717) is 12.0 Å². The quantitative estimate of drug-likeness (QED) is 0.846. The monoisotopic (exact) mass is 251 g/mol. The number of rotatable bonds is 2. The second kappa shape index (κ2) is 5.48. The van der Waals surface area contributed by atoms with Crippen LogP contribution in [0.25, 0.3) is 0 Å². The van der Waals surface area contributed by atoms with E-state index in [1.165, 1.54) is 12.1 Å². The molecule has 0 spiro atoms. The maximum absolute atomic E-state index is 13.1. The van der Waals surface area contributed by atoms with Crippen molar-refractivity contribution >= 4 is 5.91 Å². The number of aryl methyl sites for hydroxylation is 1. The molecule has 0 saturated heterocycles. The molecule has 0 radical (unpaired) electrons. The standard InChI is InChI=1S/C14H18FNO2/c1-9-6-7-10(15)8-11(9)14(18)16-12-4-2-3-5-13(12)17/h6-8,12-13,17H,2-5H2,1H3,(H,16,18)/t12-,13-/m0/s1. The molecule has 3 nitrogen and oxygen atoms in total. The molecular weight excluding hydrogens is 233 g/mol. The number of hydrogen-bond acceptors (Lipinski definition) is 2. The molecule has 1 fully saturated rings. The van der Waals surface area contributed by atoms with Crippen molar-refractivity contribution in [1.82, 2.24) is 5.32 Å². The molecule has 2 N–H and O–H groups in total. The Morgan fingerprint density at radius 2 is 2.11 bits per heavy atom. The molecule has 1 saturated carbocycles. The molecule has 1 aliphatic rings. The summed E-state index contributed by atoms with van der Waals surface area (Å²) in [5.41, 5.74) is 1.08. The van der Waals surface area contributed by atoms with E-state index in [2.05, 4.69) is 5.32 Å². The van der Waals surface area contributed by atoms with Crippen LogP contribution >= 0.6 is 0 Å². The zero-order valence-electron chi connectivity index (χ0n) is 10.4. The number of amides is 1. The Balaban J connectivity index is 2.09. The lowest BCUT2D eigenvalue weighted by molar-refractivity contribution is 0.0716. The number of hydrogen-bond donors (Lipinski definition) is 2. The average Bonchev–Trinajstić information content (AvgIpc) is 2.35. The lowest BCUT2D eigenvalue weighted by Crippen LogP contribution is -2.45. The summed E-state index contributed by atoms with van der Waals surface area (Å²) in [5.74, 6) is -0.729. The second-order valence-corrected chi connectivity index (χ2v) is 4.89. The predicted molar refractivity (Wildman–Crippen MR) is 66.9 cm³/mol. The van der Waals surface area contributed by atoms with Crippen molar-refractivity contribution in [1.29, 1.82) is 0 Å². The number of carbonyl (C=O) groups is 1. The van der Waals surface area contributed by atoms with Gasteiger partial charge >= 0.3 is 0 Å². The van der Waals surface area contributed by atoms with Gasteiger partial charge in [0.05, 0.1) is 12.1 Å². The summed E-state index contributed by atoms with van der Waals surface area (Å²) >= 11 is 0. The van der Waals surface area contributed by atoms with Gasteiger partial charge < -0.3 is 10.4 Å². The van der Waals surface area contributed by atoms with Crippen molar-refractivity contribution < 1.29 is 14.3 Å². The molecule has 1 aromatic rings. The van der Waals surface area contributed by atoms with Gasteiger partial charge in [0.2, 0.25) is 0 Å². The third-order valence-corrected chi connectivity index (χ3v) is 3.49. The van der Waals surface area contributed by atoms with Crippen molar-refractivity contribution in [3.63, 3.8) is 0 Å². The summed E-state index contributed by atoms with van der Waals surface area (Å²) in [6, 6.07) is 3.94. The van der Waals surface area contributed by atoms with E-state index in [1.54, 1.807) is 13.0 Å². The van der Waals surface area contributed by atoms with E-state index in [9.17, 15) is 14.3 Å². The van der Waals surface area contributed by atoms with Crippen LogP contribution in [0.5, 0.6) is 0 Å². The van der Waals surface area contributed by atoms with Gasteiger partial charge in [-0.1, -0.05) is 18.9 Å². The molecule has 98 valence electrons.